The lowest BCUT2D eigenvalue weighted by atomic mass is 9.96. The molecule has 0 aromatic heterocycles. The third kappa shape index (κ3) is 42.0. The van der Waals surface area contributed by atoms with Crippen molar-refractivity contribution in [1.29, 1.82) is 0 Å². The summed E-state index contributed by atoms with van der Waals surface area (Å²) in [5.74, 6) is -0.268. The van der Waals surface area contributed by atoms with Gasteiger partial charge in [0.2, 0.25) is 5.91 Å². The number of carbonyl (C=O) groups excluding carboxylic acids is 1. The molecule has 3 heterocycles. The molecule has 3 aliphatic heterocycles. The van der Waals surface area contributed by atoms with E-state index in [4.69, 9.17) is 28.4 Å². The first-order valence-electron chi connectivity index (χ1n) is 41.6. The monoisotopic (exact) mass is 1430 g/mol. The van der Waals surface area contributed by atoms with Gasteiger partial charge in [0.25, 0.3) is 0 Å². The van der Waals surface area contributed by atoms with Crippen LogP contribution in [-0.4, -0.2) is 193 Å². The molecule has 0 saturated carbocycles. The van der Waals surface area contributed by atoms with Crippen LogP contribution in [0.1, 0.15) is 354 Å². The van der Waals surface area contributed by atoms with Crippen molar-refractivity contribution in [2.45, 2.75) is 458 Å². The Bertz CT molecular complexity index is 1900. The molecule has 3 fully saturated rings. The Morgan fingerprint density at radius 1 is 0.350 bits per heavy atom. The summed E-state index contributed by atoms with van der Waals surface area (Å²) in [5.41, 5.74) is 0. The fraction of sp³-hybridized carbons (Fsp3) is 0.938. The molecule has 19 heteroatoms. The first-order chi connectivity index (χ1) is 48.8. The van der Waals surface area contributed by atoms with Crippen molar-refractivity contribution in [3.63, 3.8) is 0 Å². The Labute approximate surface area is 607 Å². The molecule has 0 radical (unpaired) electrons. The van der Waals surface area contributed by atoms with Crippen LogP contribution < -0.4 is 5.32 Å². The van der Waals surface area contributed by atoms with Crippen molar-refractivity contribution in [3.8, 4) is 0 Å². The number of amides is 1. The van der Waals surface area contributed by atoms with Gasteiger partial charge in [0.1, 0.15) is 73.2 Å². The van der Waals surface area contributed by atoms with Crippen molar-refractivity contribution in [1.82, 2.24) is 5.32 Å². The number of unbranched alkanes of at least 4 members (excludes halogenated alkanes) is 49. The topological polar surface area (TPSA) is 307 Å². The smallest absolute Gasteiger partial charge is 0.220 e. The van der Waals surface area contributed by atoms with Gasteiger partial charge in [-0.05, 0) is 44.9 Å². The molecule has 100 heavy (non-hydrogen) atoms. The molecule has 3 rings (SSSR count). The van der Waals surface area contributed by atoms with Crippen LogP contribution in [-0.2, 0) is 33.2 Å². The predicted molar refractivity (Wildman–Crippen MR) is 397 cm³/mol. The number of nitrogens with one attached hydrogen (secondary N) is 1. The minimum atomic E-state index is -1.98. The van der Waals surface area contributed by atoms with Crippen LogP contribution in [0.4, 0.5) is 0 Å². The normalized spacial score (nSPS) is 26.5. The van der Waals surface area contributed by atoms with Gasteiger partial charge < -0.3 is 89.9 Å². The second kappa shape index (κ2) is 62.3. The SMILES string of the molecule is CCCCCCCCCC/C=C\CCCCCCCCCCCCCCCCCCCC(=O)NC(COC1OC(CO)C(OC2OC(CO)C(OC3OC(CO)C(O)C(O)C3O)C(O)C2O)C(O)C1O)C(O)/C=C/CCCCCCCCCCCCCCCCCCCCCCCCCC. The number of aliphatic hydroxyl groups is 11. The first kappa shape index (κ1) is 92.5. The molecular weight excluding hydrogens is 1270 g/mol. The van der Waals surface area contributed by atoms with Crippen LogP contribution in [0.5, 0.6) is 0 Å². The summed E-state index contributed by atoms with van der Waals surface area (Å²) in [7, 11) is 0. The average molecular weight is 1430 g/mol. The number of hydrogen-bond acceptors (Lipinski definition) is 18. The molecule has 0 aromatic rings. The minimum absolute atomic E-state index is 0.248. The lowest BCUT2D eigenvalue weighted by molar-refractivity contribution is -0.379. The van der Waals surface area contributed by atoms with Gasteiger partial charge in [0.05, 0.1) is 38.6 Å². The summed E-state index contributed by atoms with van der Waals surface area (Å²) in [5, 5.41) is 121. The van der Waals surface area contributed by atoms with Crippen molar-refractivity contribution in [2.24, 2.45) is 0 Å². The zero-order valence-corrected chi connectivity index (χ0v) is 63.2. The minimum Gasteiger partial charge on any atom is -0.394 e. The summed E-state index contributed by atoms with van der Waals surface area (Å²) in [6.45, 7) is 1.80. The van der Waals surface area contributed by atoms with E-state index in [-0.39, 0.29) is 18.9 Å². The van der Waals surface area contributed by atoms with Crippen molar-refractivity contribution in [2.75, 3.05) is 26.4 Å². The second-order valence-corrected chi connectivity index (χ2v) is 29.9. The molecule has 590 valence electrons. The van der Waals surface area contributed by atoms with Crippen LogP contribution in [0.2, 0.25) is 0 Å². The summed E-state index contributed by atoms with van der Waals surface area (Å²) in [4.78, 5) is 13.5. The highest BCUT2D eigenvalue weighted by atomic mass is 16.8. The average Bonchev–Trinajstić information content (AvgIpc) is 0.783. The van der Waals surface area contributed by atoms with Crippen molar-refractivity contribution < 1.29 is 89.4 Å². The Morgan fingerprint density at radius 2 is 0.630 bits per heavy atom. The van der Waals surface area contributed by atoms with E-state index in [2.05, 4.69) is 31.3 Å². The fourth-order valence-electron chi connectivity index (χ4n) is 14.3. The maximum absolute atomic E-state index is 13.5. The molecule has 17 atom stereocenters. The molecule has 0 bridgehead atoms. The van der Waals surface area contributed by atoms with E-state index in [1.165, 1.54) is 283 Å². The molecular formula is C81H153NO18. The van der Waals surface area contributed by atoms with E-state index in [0.29, 0.717) is 6.42 Å². The number of aliphatic hydroxyl groups excluding tert-OH is 11. The Hall–Kier alpha value is -1.73. The van der Waals surface area contributed by atoms with Crippen LogP contribution in [0.3, 0.4) is 0 Å². The summed E-state index contributed by atoms with van der Waals surface area (Å²) < 4.78 is 34.5. The molecule has 0 aromatic carbocycles. The molecule has 0 aliphatic carbocycles. The van der Waals surface area contributed by atoms with Crippen LogP contribution >= 0.6 is 0 Å². The molecule has 17 unspecified atom stereocenters. The van der Waals surface area contributed by atoms with Crippen LogP contribution in [0.15, 0.2) is 24.3 Å². The molecule has 1 amide bonds. The van der Waals surface area contributed by atoms with Crippen molar-refractivity contribution >= 4 is 5.91 Å². The molecule has 0 spiro atoms. The van der Waals surface area contributed by atoms with Gasteiger partial charge in [0.15, 0.2) is 18.9 Å². The standard InChI is InChI=1S/C81H153NO18/c1-3-5-7-9-11-13-15-17-19-21-23-25-27-29-31-32-33-35-37-39-41-43-45-47-49-51-53-55-57-59-69(87)82-64(65(86)58-56-54-52-50-48-46-44-42-40-38-36-34-30-28-26-24-22-20-18-16-14-12-10-8-6-4-2)63-95-79-75(93)72(90)77(67(61-84)97-79)100-81-76(94)73(91)78(68(62-85)98-81)99-80-74(92)71(89)70(88)66(60-83)96-80/h21,23,56,58,64-68,70-81,83-86,88-94H,3-20,22,24-55,57,59-63H2,1-2H3,(H,82,87)/b23-21-,58-56+. The van der Waals surface area contributed by atoms with E-state index in [0.717, 1.165) is 44.9 Å². The zero-order chi connectivity index (χ0) is 72.5. The number of carbonyl (C=O) groups is 1. The Kier molecular flexibility index (Phi) is 57.6. The van der Waals surface area contributed by atoms with Crippen molar-refractivity contribution in [3.05, 3.63) is 24.3 Å². The molecule has 12 N–H and O–H groups in total. The van der Waals surface area contributed by atoms with Gasteiger partial charge in [-0.2, -0.15) is 0 Å². The predicted octanol–water partition coefficient (Wildman–Crippen LogP) is 14.1. The molecule has 19 nitrogen and oxygen atoms in total. The third-order valence-electron chi connectivity index (χ3n) is 21.0. The third-order valence-corrected chi connectivity index (χ3v) is 21.0. The van der Waals surface area contributed by atoms with E-state index in [1.807, 2.05) is 6.08 Å². The highest BCUT2D eigenvalue weighted by Gasteiger charge is 2.54. The lowest BCUT2D eigenvalue weighted by Crippen LogP contribution is -2.66. The molecule has 3 saturated heterocycles. The van der Waals surface area contributed by atoms with Gasteiger partial charge in [-0.1, -0.05) is 327 Å². The first-order valence-corrected chi connectivity index (χ1v) is 41.6. The van der Waals surface area contributed by atoms with Gasteiger partial charge in [0, 0.05) is 6.42 Å². The van der Waals surface area contributed by atoms with E-state index in [1.54, 1.807) is 6.08 Å². The number of allylic oxidation sites excluding steroid dienone is 3. The summed E-state index contributed by atoms with van der Waals surface area (Å²) in [6.07, 6.45) is 48.8. The highest BCUT2D eigenvalue weighted by Crippen LogP contribution is 2.33. The van der Waals surface area contributed by atoms with Gasteiger partial charge >= 0.3 is 0 Å². The van der Waals surface area contributed by atoms with Gasteiger partial charge in [-0.3, -0.25) is 4.79 Å². The maximum Gasteiger partial charge on any atom is 0.220 e. The Morgan fingerprint density at radius 3 is 0.970 bits per heavy atom. The summed E-state index contributed by atoms with van der Waals surface area (Å²) in [6, 6.07) is -0.972. The summed E-state index contributed by atoms with van der Waals surface area (Å²) >= 11 is 0. The maximum atomic E-state index is 13.5. The number of rotatable bonds is 67. The van der Waals surface area contributed by atoms with Gasteiger partial charge in [-0.25, -0.2) is 0 Å². The second-order valence-electron chi connectivity index (χ2n) is 29.9. The highest BCUT2D eigenvalue weighted by molar-refractivity contribution is 5.76. The Balaban J connectivity index is 1.37. The van der Waals surface area contributed by atoms with E-state index < -0.39 is 124 Å². The van der Waals surface area contributed by atoms with Gasteiger partial charge in [-0.15, -0.1) is 0 Å². The lowest BCUT2D eigenvalue weighted by Gasteiger charge is -2.48. The molecule has 3 aliphatic rings. The largest absolute Gasteiger partial charge is 0.394 e. The van der Waals surface area contributed by atoms with Crippen LogP contribution in [0, 0.1) is 0 Å². The quantitative estimate of drug-likeness (QED) is 0.0199. The van der Waals surface area contributed by atoms with E-state index >= 15 is 0 Å². The zero-order valence-electron chi connectivity index (χ0n) is 63.2. The number of hydrogen-bond donors (Lipinski definition) is 12. The van der Waals surface area contributed by atoms with Crippen LogP contribution in [0.25, 0.3) is 0 Å². The fourth-order valence-corrected chi connectivity index (χ4v) is 14.3. The number of ether oxygens (including phenoxy) is 6. The van der Waals surface area contributed by atoms with E-state index in [9.17, 15) is 61.0 Å².